The van der Waals surface area contributed by atoms with Gasteiger partial charge in [-0.25, -0.2) is 4.79 Å². The van der Waals surface area contributed by atoms with Crippen LogP contribution < -0.4 is 15.4 Å². The van der Waals surface area contributed by atoms with E-state index in [4.69, 9.17) is 4.74 Å². The van der Waals surface area contributed by atoms with E-state index >= 15 is 0 Å². The van der Waals surface area contributed by atoms with Gasteiger partial charge in [-0.3, -0.25) is 4.79 Å². The minimum atomic E-state index is -4.47. The molecule has 0 aliphatic carbocycles. The van der Waals surface area contributed by atoms with Crippen LogP contribution >= 0.6 is 0 Å². The van der Waals surface area contributed by atoms with E-state index in [-0.39, 0.29) is 35.8 Å². The first-order valence-corrected chi connectivity index (χ1v) is 11.5. The van der Waals surface area contributed by atoms with Crippen molar-refractivity contribution >= 4 is 23.3 Å². The van der Waals surface area contributed by atoms with Crippen LogP contribution in [0.2, 0.25) is 0 Å². The molecule has 1 aliphatic rings. The number of halogens is 3. The van der Waals surface area contributed by atoms with Gasteiger partial charge in [0.2, 0.25) is 0 Å². The summed E-state index contributed by atoms with van der Waals surface area (Å²) in [5.41, 5.74) is -0.116. The first kappa shape index (κ1) is 27.3. The predicted octanol–water partition coefficient (Wildman–Crippen LogP) is 4.13. The maximum absolute atomic E-state index is 13.4. The average Bonchev–Trinajstić information content (AvgIpc) is 2.80. The molecule has 0 spiro atoms. The quantitative estimate of drug-likeness (QED) is 0.546. The SMILES string of the molecule is C[C@H]1CN([C@@H](C)CO)C(=O)c2cc(NC(=O)Nc3ccc(C(F)(F)F)cc3)ccc2O[C@H]1CN(C)C. The number of carbonyl (C=O) groups excluding carboxylic acids is 2. The third kappa shape index (κ3) is 6.67. The van der Waals surface area contributed by atoms with Crippen LogP contribution in [0.15, 0.2) is 42.5 Å². The first-order chi connectivity index (χ1) is 16.9. The lowest BCUT2D eigenvalue weighted by Gasteiger charge is -2.37. The van der Waals surface area contributed by atoms with Gasteiger partial charge in [0.25, 0.3) is 5.91 Å². The zero-order chi connectivity index (χ0) is 26.6. The Morgan fingerprint density at radius 3 is 2.36 bits per heavy atom. The molecule has 1 aliphatic heterocycles. The van der Waals surface area contributed by atoms with E-state index in [1.54, 1.807) is 24.0 Å². The van der Waals surface area contributed by atoms with Gasteiger partial charge in [-0.2, -0.15) is 13.2 Å². The number of benzene rings is 2. The summed E-state index contributed by atoms with van der Waals surface area (Å²) in [7, 11) is 3.86. The van der Waals surface area contributed by atoms with Crippen molar-refractivity contribution in [3.63, 3.8) is 0 Å². The van der Waals surface area contributed by atoms with Crippen molar-refractivity contribution in [1.82, 2.24) is 9.80 Å². The number of ether oxygens (including phenoxy) is 1. The Bertz CT molecular complexity index is 1080. The van der Waals surface area contributed by atoms with E-state index in [2.05, 4.69) is 10.6 Å². The molecule has 0 fully saturated rings. The lowest BCUT2D eigenvalue weighted by atomic mass is 9.99. The highest BCUT2D eigenvalue weighted by Gasteiger charge is 2.33. The summed E-state index contributed by atoms with van der Waals surface area (Å²) in [5, 5.41) is 14.8. The van der Waals surface area contributed by atoms with Crippen molar-refractivity contribution in [1.29, 1.82) is 0 Å². The number of urea groups is 1. The summed E-state index contributed by atoms with van der Waals surface area (Å²) >= 11 is 0. The van der Waals surface area contributed by atoms with Crippen molar-refractivity contribution in [3.8, 4) is 5.75 Å². The van der Waals surface area contributed by atoms with Gasteiger partial charge in [0.05, 0.1) is 23.8 Å². The molecule has 3 rings (SSSR count). The highest BCUT2D eigenvalue weighted by Crippen LogP contribution is 2.31. The number of hydrogen-bond donors (Lipinski definition) is 3. The second-order valence-corrected chi connectivity index (χ2v) is 9.25. The molecule has 0 aromatic heterocycles. The van der Waals surface area contributed by atoms with Crippen molar-refractivity contribution < 1.29 is 32.6 Å². The third-order valence-corrected chi connectivity index (χ3v) is 5.94. The van der Waals surface area contributed by atoms with Gasteiger partial charge in [0, 0.05) is 30.4 Å². The van der Waals surface area contributed by atoms with E-state index in [1.165, 1.54) is 6.07 Å². The molecule has 2 aromatic carbocycles. The molecule has 2 aromatic rings. The largest absolute Gasteiger partial charge is 0.488 e. The van der Waals surface area contributed by atoms with E-state index in [9.17, 15) is 27.9 Å². The van der Waals surface area contributed by atoms with Gasteiger partial charge >= 0.3 is 12.2 Å². The van der Waals surface area contributed by atoms with Crippen LogP contribution in [0, 0.1) is 5.92 Å². The number of carbonyl (C=O) groups is 2. The maximum Gasteiger partial charge on any atom is 0.416 e. The van der Waals surface area contributed by atoms with Crippen LogP contribution in [0.4, 0.5) is 29.3 Å². The Morgan fingerprint density at radius 1 is 1.17 bits per heavy atom. The molecule has 0 unspecified atom stereocenters. The monoisotopic (exact) mass is 508 g/mol. The molecule has 1 heterocycles. The molecule has 8 nitrogen and oxygen atoms in total. The summed E-state index contributed by atoms with van der Waals surface area (Å²) < 4.78 is 44.4. The number of aliphatic hydroxyl groups excluding tert-OH is 1. The smallest absolute Gasteiger partial charge is 0.416 e. The van der Waals surface area contributed by atoms with E-state index in [1.807, 2.05) is 25.9 Å². The third-order valence-electron chi connectivity index (χ3n) is 5.94. The summed E-state index contributed by atoms with van der Waals surface area (Å²) in [6.45, 7) is 4.54. The Morgan fingerprint density at radius 2 is 1.78 bits per heavy atom. The number of aliphatic hydroxyl groups is 1. The predicted molar refractivity (Wildman–Crippen MR) is 130 cm³/mol. The highest BCUT2D eigenvalue weighted by atomic mass is 19.4. The number of nitrogens with one attached hydrogen (secondary N) is 2. The maximum atomic E-state index is 13.4. The molecule has 0 saturated heterocycles. The minimum absolute atomic E-state index is 0.00851. The fourth-order valence-corrected chi connectivity index (χ4v) is 3.91. The number of nitrogens with zero attached hydrogens (tertiary/aromatic N) is 2. The van der Waals surface area contributed by atoms with Gasteiger partial charge in [-0.1, -0.05) is 6.92 Å². The van der Waals surface area contributed by atoms with Crippen LogP contribution in [0.25, 0.3) is 0 Å². The van der Waals surface area contributed by atoms with E-state index < -0.39 is 23.8 Å². The van der Waals surface area contributed by atoms with Crippen LogP contribution in [0.3, 0.4) is 0 Å². The Hall–Kier alpha value is -3.31. The topological polar surface area (TPSA) is 94.1 Å². The van der Waals surface area contributed by atoms with Crippen molar-refractivity contribution in [3.05, 3.63) is 53.6 Å². The molecule has 36 heavy (non-hydrogen) atoms. The Balaban J connectivity index is 1.83. The summed E-state index contributed by atoms with van der Waals surface area (Å²) in [4.78, 5) is 29.5. The van der Waals surface area contributed by atoms with Crippen molar-refractivity contribution in [2.75, 3.05) is 44.4 Å². The molecule has 3 N–H and O–H groups in total. The lowest BCUT2D eigenvalue weighted by molar-refractivity contribution is -0.137. The molecule has 0 saturated carbocycles. The first-order valence-electron chi connectivity index (χ1n) is 11.5. The zero-order valence-electron chi connectivity index (χ0n) is 20.6. The molecule has 11 heteroatoms. The fraction of sp³-hybridized carbons (Fsp3) is 0.440. The fourth-order valence-electron chi connectivity index (χ4n) is 3.91. The summed E-state index contributed by atoms with van der Waals surface area (Å²) in [6.07, 6.45) is -4.69. The Labute approximate surface area is 208 Å². The standard InChI is InChI=1S/C25H31F3N4O4/c1-15-12-32(16(2)14-33)23(34)20-11-19(9-10-21(20)36-22(15)13-31(3)4)30-24(35)29-18-7-5-17(6-8-18)25(26,27)28/h5-11,15-16,22,33H,12-14H2,1-4H3,(H2,29,30,35)/t15-,16-,22-/m0/s1. The van der Waals surface area contributed by atoms with E-state index in [0.717, 1.165) is 24.3 Å². The van der Waals surface area contributed by atoms with Gasteiger partial charge in [-0.05, 0) is 63.5 Å². The lowest BCUT2D eigenvalue weighted by Crippen LogP contribution is -2.49. The van der Waals surface area contributed by atoms with Crippen molar-refractivity contribution in [2.45, 2.75) is 32.2 Å². The molecular formula is C25H31F3N4O4. The molecule has 196 valence electrons. The number of anilines is 2. The second-order valence-electron chi connectivity index (χ2n) is 9.25. The number of amides is 3. The van der Waals surface area contributed by atoms with Crippen LogP contribution in [0.5, 0.6) is 5.75 Å². The number of likely N-dealkylation sites (N-methyl/N-ethyl adjacent to an activating group) is 1. The normalized spacial score (nSPS) is 19.1. The molecule has 0 radical (unpaired) electrons. The van der Waals surface area contributed by atoms with Crippen LogP contribution in [-0.2, 0) is 6.18 Å². The summed E-state index contributed by atoms with van der Waals surface area (Å²) in [6, 6.07) is 7.61. The highest BCUT2D eigenvalue weighted by molar-refractivity contribution is 6.02. The van der Waals surface area contributed by atoms with Gasteiger partial charge in [0.1, 0.15) is 11.9 Å². The van der Waals surface area contributed by atoms with Gasteiger partial charge in [-0.15, -0.1) is 0 Å². The molecule has 3 amide bonds. The average molecular weight is 509 g/mol. The number of alkyl halides is 3. The number of hydrogen-bond acceptors (Lipinski definition) is 5. The molecule has 0 bridgehead atoms. The van der Waals surface area contributed by atoms with E-state index in [0.29, 0.717) is 24.5 Å². The Kier molecular flexibility index (Phi) is 8.47. The molecular weight excluding hydrogens is 477 g/mol. The van der Waals surface area contributed by atoms with Gasteiger partial charge < -0.3 is 30.3 Å². The summed E-state index contributed by atoms with van der Waals surface area (Å²) in [5.74, 6) is 0.0153. The van der Waals surface area contributed by atoms with Crippen molar-refractivity contribution in [2.24, 2.45) is 5.92 Å². The van der Waals surface area contributed by atoms with Crippen LogP contribution in [0.1, 0.15) is 29.8 Å². The molecule has 3 atom stereocenters. The van der Waals surface area contributed by atoms with Crippen LogP contribution in [-0.4, -0.2) is 72.8 Å². The van der Waals surface area contributed by atoms with Gasteiger partial charge in [0.15, 0.2) is 0 Å². The number of rotatable bonds is 6. The number of fused-ring (bicyclic) bond motifs is 1. The minimum Gasteiger partial charge on any atom is -0.488 e. The zero-order valence-corrected chi connectivity index (χ0v) is 20.6. The second kappa shape index (κ2) is 11.2.